The third kappa shape index (κ3) is 3.37. The lowest BCUT2D eigenvalue weighted by Crippen LogP contribution is -2.08. The van der Waals surface area contributed by atoms with Crippen molar-refractivity contribution in [2.75, 3.05) is 17.6 Å². The van der Waals surface area contributed by atoms with Crippen LogP contribution in [0.15, 0.2) is 16.0 Å². The lowest BCUT2D eigenvalue weighted by atomic mass is 10.4. The predicted octanol–water partition coefficient (Wildman–Crippen LogP) is 2.24. The molecule has 0 saturated carbocycles. The van der Waals surface area contributed by atoms with E-state index in [0.717, 1.165) is 28.1 Å². The number of nitrogens with zero attached hydrogens (tertiary/aromatic N) is 3. The minimum Gasteiger partial charge on any atom is -0.369 e. The van der Waals surface area contributed by atoms with Gasteiger partial charge in [-0.1, -0.05) is 0 Å². The van der Waals surface area contributed by atoms with Crippen LogP contribution in [0.2, 0.25) is 0 Å². The van der Waals surface area contributed by atoms with Crippen LogP contribution in [-0.2, 0) is 6.42 Å². The molecule has 0 saturated heterocycles. The molecule has 0 aliphatic carbocycles. The molecule has 5 nitrogen and oxygen atoms in total. The van der Waals surface area contributed by atoms with Crippen LogP contribution in [0.5, 0.6) is 0 Å². The van der Waals surface area contributed by atoms with Crippen molar-refractivity contribution in [1.82, 2.24) is 15.0 Å². The molecule has 90 valence electrons. The van der Waals surface area contributed by atoms with E-state index < -0.39 is 0 Å². The van der Waals surface area contributed by atoms with Crippen LogP contribution < -0.4 is 11.1 Å². The molecule has 2 aromatic heterocycles. The van der Waals surface area contributed by atoms with Crippen LogP contribution in [-0.4, -0.2) is 21.5 Å². The number of nitrogen functional groups attached to an aromatic ring is 1. The van der Waals surface area contributed by atoms with Crippen molar-refractivity contribution in [3.05, 3.63) is 26.8 Å². The van der Waals surface area contributed by atoms with Gasteiger partial charge in [-0.2, -0.15) is 4.98 Å². The predicted molar refractivity (Wildman–Crippen MR) is 73.2 cm³/mol. The van der Waals surface area contributed by atoms with Crippen LogP contribution in [0.4, 0.5) is 11.8 Å². The Hall–Kier alpha value is -1.21. The van der Waals surface area contributed by atoms with Crippen molar-refractivity contribution >= 4 is 39.0 Å². The molecule has 3 N–H and O–H groups in total. The van der Waals surface area contributed by atoms with Gasteiger partial charge in [-0.3, -0.25) is 0 Å². The number of anilines is 2. The molecule has 0 aliphatic heterocycles. The Balaban J connectivity index is 1.91. The van der Waals surface area contributed by atoms with Crippen molar-refractivity contribution in [1.29, 1.82) is 0 Å². The van der Waals surface area contributed by atoms with E-state index in [1.807, 2.05) is 12.3 Å². The fraction of sp³-hybridized carbons (Fsp3) is 0.300. The van der Waals surface area contributed by atoms with Crippen molar-refractivity contribution < 1.29 is 0 Å². The molecule has 0 spiro atoms. The molecule has 7 heteroatoms. The second kappa shape index (κ2) is 5.42. The average molecular weight is 314 g/mol. The molecule has 2 rings (SSSR count). The van der Waals surface area contributed by atoms with Gasteiger partial charge in [-0.15, -0.1) is 11.3 Å². The molecular weight excluding hydrogens is 302 g/mol. The van der Waals surface area contributed by atoms with Crippen molar-refractivity contribution in [2.45, 2.75) is 13.3 Å². The van der Waals surface area contributed by atoms with Gasteiger partial charge < -0.3 is 11.1 Å². The average Bonchev–Trinajstić information content (AvgIpc) is 2.69. The summed E-state index contributed by atoms with van der Waals surface area (Å²) >= 11 is 5.04. The van der Waals surface area contributed by atoms with Gasteiger partial charge in [0.05, 0.1) is 9.48 Å². The van der Waals surface area contributed by atoms with E-state index >= 15 is 0 Å². The van der Waals surface area contributed by atoms with E-state index in [2.05, 4.69) is 36.2 Å². The summed E-state index contributed by atoms with van der Waals surface area (Å²) in [5.74, 6) is 0.978. The maximum absolute atomic E-state index is 5.52. The first-order valence-corrected chi connectivity index (χ1v) is 6.75. The summed E-state index contributed by atoms with van der Waals surface area (Å²) < 4.78 is 0.807. The minimum atomic E-state index is 0.265. The summed E-state index contributed by atoms with van der Waals surface area (Å²) in [6, 6.07) is 0. The van der Waals surface area contributed by atoms with Gasteiger partial charge in [0.1, 0.15) is 5.82 Å². The topological polar surface area (TPSA) is 76.7 Å². The van der Waals surface area contributed by atoms with E-state index in [0.29, 0.717) is 5.82 Å². The largest absolute Gasteiger partial charge is 0.369 e. The number of aromatic nitrogens is 3. The number of hydrogen-bond donors (Lipinski definition) is 2. The highest BCUT2D eigenvalue weighted by Crippen LogP contribution is 2.19. The fourth-order valence-electron chi connectivity index (χ4n) is 1.31. The number of thiazole rings is 1. The van der Waals surface area contributed by atoms with Gasteiger partial charge in [0.2, 0.25) is 5.95 Å². The van der Waals surface area contributed by atoms with Gasteiger partial charge in [0.15, 0.2) is 0 Å². The summed E-state index contributed by atoms with van der Waals surface area (Å²) in [5, 5.41) is 6.37. The Labute approximate surface area is 112 Å². The first-order valence-electron chi connectivity index (χ1n) is 5.08. The smallest absolute Gasteiger partial charge is 0.221 e. The van der Waals surface area contributed by atoms with E-state index in [-0.39, 0.29) is 5.95 Å². The van der Waals surface area contributed by atoms with Crippen molar-refractivity contribution in [2.24, 2.45) is 0 Å². The molecule has 17 heavy (non-hydrogen) atoms. The maximum atomic E-state index is 5.52. The number of aryl methyl sites for hydroxylation is 1. The fourth-order valence-corrected chi connectivity index (χ4v) is 2.42. The quantitative estimate of drug-likeness (QED) is 0.905. The molecule has 0 aromatic carbocycles. The second-order valence-electron chi connectivity index (χ2n) is 3.48. The maximum Gasteiger partial charge on any atom is 0.221 e. The van der Waals surface area contributed by atoms with Crippen molar-refractivity contribution in [3.8, 4) is 0 Å². The van der Waals surface area contributed by atoms with Crippen LogP contribution in [0.1, 0.15) is 10.7 Å². The number of halogens is 1. The number of rotatable bonds is 4. The highest BCUT2D eigenvalue weighted by molar-refractivity contribution is 9.10. The van der Waals surface area contributed by atoms with Gasteiger partial charge in [0.25, 0.3) is 0 Å². The molecule has 2 aromatic rings. The summed E-state index contributed by atoms with van der Waals surface area (Å²) in [5.41, 5.74) is 6.59. The first-order chi connectivity index (χ1) is 8.15. The minimum absolute atomic E-state index is 0.265. The monoisotopic (exact) mass is 313 g/mol. The Morgan fingerprint density at radius 2 is 2.29 bits per heavy atom. The zero-order valence-corrected chi connectivity index (χ0v) is 11.7. The lowest BCUT2D eigenvalue weighted by molar-refractivity contribution is 0.973. The van der Waals surface area contributed by atoms with Gasteiger partial charge in [-0.05, 0) is 22.9 Å². The molecule has 2 heterocycles. The van der Waals surface area contributed by atoms with Gasteiger partial charge in [-0.25, -0.2) is 9.97 Å². The molecule has 0 fully saturated rings. The summed E-state index contributed by atoms with van der Waals surface area (Å²) in [4.78, 5) is 12.4. The number of hydrogen-bond acceptors (Lipinski definition) is 6. The Kier molecular flexibility index (Phi) is 3.90. The van der Waals surface area contributed by atoms with Gasteiger partial charge >= 0.3 is 0 Å². The molecule has 0 aliphatic rings. The third-order valence-electron chi connectivity index (χ3n) is 2.06. The Bertz CT molecular complexity index is 513. The highest BCUT2D eigenvalue weighted by Gasteiger charge is 2.03. The zero-order chi connectivity index (χ0) is 12.3. The molecule has 0 unspecified atom stereocenters. The second-order valence-corrected chi connectivity index (χ2v) is 5.28. The normalized spacial score (nSPS) is 10.5. The molecule has 0 amide bonds. The van der Waals surface area contributed by atoms with E-state index in [9.17, 15) is 0 Å². The summed E-state index contributed by atoms with van der Waals surface area (Å²) in [7, 11) is 0. The lowest BCUT2D eigenvalue weighted by Gasteiger charge is -2.06. The zero-order valence-electron chi connectivity index (χ0n) is 9.27. The van der Waals surface area contributed by atoms with Crippen LogP contribution in [0, 0.1) is 6.92 Å². The molecule has 0 bridgehead atoms. The highest BCUT2D eigenvalue weighted by atomic mass is 79.9. The van der Waals surface area contributed by atoms with Crippen molar-refractivity contribution in [3.63, 3.8) is 0 Å². The molecule has 0 radical (unpaired) electrons. The van der Waals surface area contributed by atoms with Gasteiger partial charge in [0, 0.05) is 30.2 Å². The Morgan fingerprint density at radius 1 is 1.47 bits per heavy atom. The Morgan fingerprint density at radius 3 is 3.00 bits per heavy atom. The first kappa shape index (κ1) is 12.3. The summed E-state index contributed by atoms with van der Waals surface area (Å²) in [6.45, 7) is 2.76. The molecule has 0 atom stereocenters. The van der Waals surface area contributed by atoms with E-state index in [1.54, 1.807) is 17.5 Å². The third-order valence-corrected chi connectivity index (χ3v) is 3.67. The summed E-state index contributed by atoms with van der Waals surface area (Å²) in [6.07, 6.45) is 2.51. The van der Waals surface area contributed by atoms with Crippen LogP contribution >= 0.6 is 27.3 Å². The van der Waals surface area contributed by atoms with E-state index in [4.69, 9.17) is 5.73 Å². The van der Waals surface area contributed by atoms with E-state index in [1.165, 1.54) is 0 Å². The molecular formula is C10H12BrN5S. The number of nitrogens with two attached hydrogens (primary N) is 1. The van der Waals surface area contributed by atoms with Crippen LogP contribution in [0.25, 0.3) is 0 Å². The SMILES string of the molecule is Cc1csc(CCNc2nc(N)ncc2Br)n1. The van der Waals surface area contributed by atoms with Crippen LogP contribution in [0.3, 0.4) is 0 Å². The standard InChI is InChI=1S/C10H12BrN5S/c1-6-5-17-8(15-6)2-3-13-9-7(11)4-14-10(12)16-9/h4-5H,2-3H2,1H3,(H3,12,13,14,16). The number of nitrogens with one attached hydrogen (secondary N) is 1.